The van der Waals surface area contributed by atoms with Crippen LogP contribution in [0.15, 0.2) is 16.6 Å². The number of aryl methyl sites for hydroxylation is 1. The van der Waals surface area contributed by atoms with Crippen molar-refractivity contribution < 1.29 is 0 Å². The van der Waals surface area contributed by atoms with Crippen LogP contribution in [0.3, 0.4) is 0 Å². The maximum atomic E-state index is 4.60. The van der Waals surface area contributed by atoms with Gasteiger partial charge in [-0.3, -0.25) is 0 Å². The molecule has 0 saturated heterocycles. The first-order valence-corrected chi connectivity index (χ1v) is 7.89. The Morgan fingerprint density at radius 2 is 2.06 bits per heavy atom. The molecule has 0 aromatic carbocycles. The lowest BCUT2D eigenvalue weighted by Crippen LogP contribution is -2.30. The molecule has 1 atom stereocenters. The van der Waals surface area contributed by atoms with Crippen LogP contribution < -0.4 is 5.32 Å². The van der Waals surface area contributed by atoms with Gasteiger partial charge < -0.3 is 5.32 Å². The van der Waals surface area contributed by atoms with Gasteiger partial charge in [0.15, 0.2) is 0 Å². The van der Waals surface area contributed by atoms with Gasteiger partial charge in [0.2, 0.25) is 0 Å². The van der Waals surface area contributed by atoms with E-state index in [0.29, 0.717) is 6.04 Å². The molecule has 1 N–H and O–H groups in total. The highest BCUT2D eigenvalue weighted by Crippen LogP contribution is 2.29. The van der Waals surface area contributed by atoms with Gasteiger partial charge >= 0.3 is 0 Å². The molecule has 1 fully saturated rings. The van der Waals surface area contributed by atoms with Crippen LogP contribution in [0.2, 0.25) is 0 Å². The average Bonchev–Trinajstić information content (AvgIpc) is 2.41. The number of hydrogen-bond acceptors (Lipinski definition) is 2. The molecule has 0 bridgehead atoms. The highest BCUT2D eigenvalue weighted by atomic mass is 79.9. The van der Waals surface area contributed by atoms with E-state index in [1.54, 1.807) is 0 Å². The average molecular weight is 311 g/mol. The summed E-state index contributed by atoms with van der Waals surface area (Å²) in [4.78, 5) is 4.60. The summed E-state index contributed by atoms with van der Waals surface area (Å²) in [6, 6.07) is 4.74. The Bertz CT molecular complexity index is 386. The van der Waals surface area contributed by atoms with Crippen LogP contribution >= 0.6 is 15.9 Å². The molecular formula is C15H23BrN2. The third-order valence-corrected chi connectivity index (χ3v) is 4.85. The second-order valence-corrected chi connectivity index (χ2v) is 6.18. The molecule has 0 spiro atoms. The van der Waals surface area contributed by atoms with E-state index in [1.165, 1.54) is 38.5 Å². The van der Waals surface area contributed by atoms with Gasteiger partial charge in [-0.2, -0.15) is 0 Å². The van der Waals surface area contributed by atoms with E-state index in [1.807, 2.05) is 6.92 Å². The van der Waals surface area contributed by atoms with Crippen molar-refractivity contribution in [2.75, 3.05) is 5.32 Å². The monoisotopic (exact) mass is 310 g/mol. The van der Waals surface area contributed by atoms with Crippen LogP contribution in [-0.2, 0) is 0 Å². The van der Waals surface area contributed by atoms with Crippen molar-refractivity contribution in [2.45, 2.75) is 58.4 Å². The smallest absolute Gasteiger partial charge is 0.126 e. The van der Waals surface area contributed by atoms with Gasteiger partial charge in [-0.25, -0.2) is 4.98 Å². The first kappa shape index (κ1) is 13.9. The Morgan fingerprint density at radius 1 is 1.33 bits per heavy atom. The molecule has 1 aromatic rings. The third kappa shape index (κ3) is 3.47. The maximum Gasteiger partial charge on any atom is 0.126 e. The SMILES string of the molecule is CCC(Nc1ccc(Br)c(C)n1)C1CCCCC1. The molecule has 1 heterocycles. The summed E-state index contributed by atoms with van der Waals surface area (Å²) in [6.07, 6.45) is 8.15. The Kier molecular flexibility index (Phi) is 5.04. The van der Waals surface area contributed by atoms with Crippen LogP contribution in [0.1, 0.15) is 51.1 Å². The molecule has 1 unspecified atom stereocenters. The minimum atomic E-state index is 0.582. The van der Waals surface area contributed by atoms with Gasteiger partial charge in [-0.15, -0.1) is 0 Å². The number of halogens is 1. The Labute approximate surface area is 119 Å². The van der Waals surface area contributed by atoms with Crippen molar-refractivity contribution in [2.24, 2.45) is 5.92 Å². The zero-order chi connectivity index (χ0) is 13.0. The second-order valence-electron chi connectivity index (χ2n) is 5.32. The van der Waals surface area contributed by atoms with Gasteiger partial charge in [-0.1, -0.05) is 26.2 Å². The van der Waals surface area contributed by atoms with E-state index in [2.05, 4.69) is 45.3 Å². The summed E-state index contributed by atoms with van der Waals surface area (Å²) in [6.45, 7) is 4.31. The second kappa shape index (κ2) is 6.55. The first-order valence-electron chi connectivity index (χ1n) is 7.10. The van der Waals surface area contributed by atoms with Crippen molar-refractivity contribution in [1.29, 1.82) is 0 Å². The Balaban J connectivity index is 2.02. The summed E-state index contributed by atoms with van der Waals surface area (Å²) in [5.74, 6) is 1.85. The fourth-order valence-corrected chi connectivity index (χ4v) is 3.12. The van der Waals surface area contributed by atoms with Gasteiger partial charge in [0, 0.05) is 10.5 Å². The Morgan fingerprint density at radius 3 is 2.67 bits per heavy atom. The van der Waals surface area contributed by atoms with E-state index in [9.17, 15) is 0 Å². The quantitative estimate of drug-likeness (QED) is 0.853. The van der Waals surface area contributed by atoms with Crippen molar-refractivity contribution >= 4 is 21.7 Å². The zero-order valence-corrected chi connectivity index (χ0v) is 13.0. The van der Waals surface area contributed by atoms with Gasteiger partial charge in [0.05, 0.1) is 5.69 Å². The number of nitrogens with zero attached hydrogens (tertiary/aromatic N) is 1. The number of rotatable bonds is 4. The highest BCUT2D eigenvalue weighted by Gasteiger charge is 2.22. The standard InChI is InChI=1S/C15H23BrN2/c1-3-14(12-7-5-4-6-8-12)18-15-10-9-13(16)11(2)17-15/h9-10,12,14H,3-8H2,1-2H3,(H,17,18). The number of pyridine rings is 1. The number of anilines is 1. The molecule has 0 aliphatic heterocycles. The van der Waals surface area contributed by atoms with Crippen molar-refractivity contribution in [3.63, 3.8) is 0 Å². The maximum absolute atomic E-state index is 4.60. The number of nitrogens with one attached hydrogen (secondary N) is 1. The van der Waals surface area contributed by atoms with Crippen LogP contribution in [0.5, 0.6) is 0 Å². The highest BCUT2D eigenvalue weighted by molar-refractivity contribution is 9.10. The lowest BCUT2D eigenvalue weighted by Gasteiger charge is -2.30. The minimum Gasteiger partial charge on any atom is -0.367 e. The van der Waals surface area contributed by atoms with Gasteiger partial charge in [0.1, 0.15) is 5.82 Å². The normalized spacial score (nSPS) is 18.6. The molecular weight excluding hydrogens is 288 g/mol. The predicted molar refractivity (Wildman–Crippen MR) is 81.0 cm³/mol. The molecule has 1 saturated carbocycles. The number of hydrogen-bond donors (Lipinski definition) is 1. The van der Waals surface area contributed by atoms with Crippen LogP contribution in [0.4, 0.5) is 5.82 Å². The molecule has 1 aliphatic carbocycles. The van der Waals surface area contributed by atoms with E-state index in [0.717, 1.165) is 21.9 Å². The molecule has 18 heavy (non-hydrogen) atoms. The topological polar surface area (TPSA) is 24.9 Å². The van der Waals surface area contributed by atoms with E-state index in [4.69, 9.17) is 0 Å². The number of aromatic nitrogens is 1. The van der Waals surface area contributed by atoms with Crippen molar-refractivity contribution in [3.05, 3.63) is 22.3 Å². The van der Waals surface area contributed by atoms with Crippen LogP contribution in [0, 0.1) is 12.8 Å². The molecule has 100 valence electrons. The van der Waals surface area contributed by atoms with Crippen LogP contribution in [0.25, 0.3) is 0 Å². The van der Waals surface area contributed by atoms with E-state index < -0.39 is 0 Å². The lowest BCUT2D eigenvalue weighted by molar-refractivity contribution is 0.312. The summed E-state index contributed by atoms with van der Waals surface area (Å²) >= 11 is 3.50. The molecule has 1 aromatic heterocycles. The molecule has 0 radical (unpaired) electrons. The molecule has 2 nitrogen and oxygen atoms in total. The zero-order valence-electron chi connectivity index (χ0n) is 11.4. The molecule has 0 amide bonds. The predicted octanol–water partition coefficient (Wildman–Crippen LogP) is 4.92. The fraction of sp³-hybridized carbons (Fsp3) is 0.667. The van der Waals surface area contributed by atoms with Gasteiger partial charge in [-0.05, 0) is 60.2 Å². The van der Waals surface area contributed by atoms with E-state index >= 15 is 0 Å². The van der Waals surface area contributed by atoms with Crippen molar-refractivity contribution in [3.8, 4) is 0 Å². The summed E-state index contributed by atoms with van der Waals surface area (Å²) < 4.78 is 1.08. The summed E-state index contributed by atoms with van der Waals surface area (Å²) in [5.41, 5.74) is 1.05. The summed E-state index contributed by atoms with van der Waals surface area (Å²) in [5, 5.41) is 3.63. The minimum absolute atomic E-state index is 0.582. The van der Waals surface area contributed by atoms with Crippen LogP contribution in [-0.4, -0.2) is 11.0 Å². The molecule has 1 aliphatic rings. The Hall–Kier alpha value is -0.570. The first-order chi connectivity index (χ1) is 8.70. The van der Waals surface area contributed by atoms with E-state index in [-0.39, 0.29) is 0 Å². The molecule has 3 heteroatoms. The fourth-order valence-electron chi connectivity index (χ4n) is 2.90. The van der Waals surface area contributed by atoms with Gasteiger partial charge in [0.25, 0.3) is 0 Å². The lowest BCUT2D eigenvalue weighted by atomic mass is 9.83. The molecule has 2 rings (SSSR count). The van der Waals surface area contributed by atoms with Crippen molar-refractivity contribution in [1.82, 2.24) is 4.98 Å². The third-order valence-electron chi connectivity index (χ3n) is 4.01. The summed E-state index contributed by atoms with van der Waals surface area (Å²) in [7, 11) is 0. The largest absolute Gasteiger partial charge is 0.367 e.